The van der Waals surface area contributed by atoms with Crippen LogP contribution in [-0.4, -0.2) is 11.8 Å². The molecule has 20 heavy (non-hydrogen) atoms. The highest BCUT2D eigenvalue weighted by Crippen LogP contribution is 2.23. The van der Waals surface area contributed by atoms with Crippen LogP contribution in [0.4, 0.5) is 0 Å². The fraction of sp³-hybridized carbons (Fsp3) is 0.188. The molecule has 0 spiro atoms. The number of halogens is 2. The SMILES string of the molecule is CC(CCl)(NC(=O)c1cccc(I)c1)c1ccccc1. The molecule has 0 heterocycles. The van der Waals surface area contributed by atoms with E-state index in [1.54, 1.807) is 6.07 Å². The van der Waals surface area contributed by atoms with Crippen molar-refractivity contribution >= 4 is 40.1 Å². The molecule has 2 aromatic rings. The molecule has 0 bridgehead atoms. The Labute approximate surface area is 137 Å². The van der Waals surface area contributed by atoms with Gasteiger partial charge in [-0.15, -0.1) is 11.6 Å². The Morgan fingerprint density at radius 1 is 1.20 bits per heavy atom. The van der Waals surface area contributed by atoms with Gasteiger partial charge in [0.1, 0.15) is 0 Å². The molecule has 1 N–H and O–H groups in total. The summed E-state index contributed by atoms with van der Waals surface area (Å²) in [5.74, 6) is 0.197. The van der Waals surface area contributed by atoms with Crippen LogP contribution in [0, 0.1) is 3.57 Å². The highest BCUT2D eigenvalue weighted by Gasteiger charge is 2.27. The molecular weight excluding hydrogens is 385 g/mol. The number of hydrogen-bond acceptors (Lipinski definition) is 1. The Balaban J connectivity index is 2.24. The maximum Gasteiger partial charge on any atom is 0.252 e. The molecule has 0 saturated heterocycles. The van der Waals surface area contributed by atoms with Gasteiger partial charge in [-0.25, -0.2) is 0 Å². The Morgan fingerprint density at radius 3 is 2.50 bits per heavy atom. The summed E-state index contributed by atoms with van der Waals surface area (Å²) in [7, 11) is 0. The van der Waals surface area contributed by atoms with Crippen LogP contribution < -0.4 is 5.32 Å². The van der Waals surface area contributed by atoms with Crippen LogP contribution in [0.5, 0.6) is 0 Å². The summed E-state index contributed by atoms with van der Waals surface area (Å²) >= 11 is 8.28. The number of nitrogens with one attached hydrogen (secondary N) is 1. The summed E-state index contributed by atoms with van der Waals surface area (Å²) in [5, 5.41) is 3.03. The van der Waals surface area contributed by atoms with E-state index in [0.717, 1.165) is 9.13 Å². The molecule has 0 radical (unpaired) electrons. The summed E-state index contributed by atoms with van der Waals surface area (Å²) in [6, 6.07) is 17.3. The second kappa shape index (κ2) is 6.59. The summed E-state index contributed by atoms with van der Waals surface area (Å²) in [6.07, 6.45) is 0. The van der Waals surface area contributed by atoms with Crippen LogP contribution in [-0.2, 0) is 5.54 Å². The van der Waals surface area contributed by atoms with Gasteiger partial charge in [-0.2, -0.15) is 0 Å². The first-order valence-corrected chi connectivity index (χ1v) is 7.86. The molecule has 0 aliphatic heterocycles. The number of alkyl halides is 1. The van der Waals surface area contributed by atoms with E-state index in [1.807, 2.05) is 55.5 Å². The maximum atomic E-state index is 12.4. The van der Waals surface area contributed by atoms with Crippen molar-refractivity contribution in [2.45, 2.75) is 12.5 Å². The number of hydrogen-bond donors (Lipinski definition) is 1. The molecular formula is C16H15ClINO. The van der Waals surface area contributed by atoms with Crippen LogP contribution in [0.2, 0.25) is 0 Å². The molecule has 104 valence electrons. The first-order chi connectivity index (χ1) is 9.55. The number of amides is 1. The van der Waals surface area contributed by atoms with Crippen molar-refractivity contribution in [2.75, 3.05) is 5.88 Å². The average molecular weight is 400 g/mol. The third-order valence-corrected chi connectivity index (χ3v) is 4.36. The molecule has 2 nitrogen and oxygen atoms in total. The lowest BCUT2D eigenvalue weighted by Crippen LogP contribution is -2.45. The van der Waals surface area contributed by atoms with Crippen LogP contribution in [0.1, 0.15) is 22.8 Å². The number of rotatable bonds is 4. The van der Waals surface area contributed by atoms with Crippen LogP contribution in [0.15, 0.2) is 54.6 Å². The minimum absolute atomic E-state index is 0.115. The maximum absolute atomic E-state index is 12.4. The Hall–Kier alpha value is -1.07. The van der Waals surface area contributed by atoms with E-state index < -0.39 is 5.54 Å². The lowest BCUT2D eigenvalue weighted by Gasteiger charge is -2.29. The fourth-order valence-corrected chi connectivity index (χ4v) is 2.71. The van der Waals surface area contributed by atoms with Crippen LogP contribution in [0.3, 0.4) is 0 Å². The van der Waals surface area contributed by atoms with Gasteiger partial charge in [-0.1, -0.05) is 36.4 Å². The van der Waals surface area contributed by atoms with Gasteiger partial charge in [-0.05, 0) is 53.3 Å². The quantitative estimate of drug-likeness (QED) is 0.607. The molecule has 1 amide bonds. The molecule has 0 saturated carbocycles. The summed E-state index contributed by atoms with van der Waals surface area (Å²) in [6.45, 7) is 1.93. The van der Waals surface area contributed by atoms with Gasteiger partial charge in [0, 0.05) is 15.0 Å². The molecule has 0 aliphatic rings. The first-order valence-electron chi connectivity index (χ1n) is 6.25. The van der Waals surface area contributed by atoms with Crippen molar-refractivity contribution in [1.82, 2.24) is 5.32 Å². The van der Waals surface area contributed by atoms with E-state index >= 15 is 0 Å². The van der Waals surface area contributed by atoms with Gasteiger partial charge in [0.15, 0.2) is 0 Å². The zero-order valence-electron chi connectivity index (χ0n) is 11.1. The molecule has 1 atom stereocenters. The van der Waals surface area contributed by atoms with E-state index in [4.69, 9.17) is 11.6 Å². The van der Waals surface area contributed by atoms with E-state index in [2.05, 4.69) is 27.9 Å². The van der Waals surface area contributed by atoms with Crippen LogP contribution in [0.25, 0.3) is 0 Å². The Bertz CT molecular complexity index is 602. The molecule has 0 aliphatic carbocycles. The average Bonchev–Trinajstić information content (AvgIpc) is 2.48. The second-order valence-corrected chi connectivity index (χ2v) is 6.31. The second-order valence-electron chi connectivity index (χ2n) is 4.80. The zero-order chi connectivity index (χ0) is 14.6. The van der Waals surface area contributed by atoms with Crippen molar-refractivity contribution in [2.24, 2.45) is 0 Å². The summed E-state index contributed by atoms with van der Waals surface area (Å²) in [5.41, 5.74) is 1.06. The number of carbonyl (C=O) groups is 1. The van der Waals surface area contributed by atoms with E-state index in [9.17, 15) is 4.79 Å². The van der Waals surface area contributed by atoms with E-state index in [0.29, 0.717) is 11.4 Å². The van der Waals surface area contributed by atoms with Crippen molar-refractivity contribution in [3.63, 3.8) is 0 Å². The fourth-order valence-electron chi connectivity index (χ4n) is 1.94. The molecule has 4 heteroatoms. The monoisotopic (exact) mass is 399 g/mol. The van der Waals surface area contributed by atoms with E-state index in [1.165, 1.54) is 0 Å². The van der Waals surface area contributed by atoms with Gasteiger partial charge >= 0.3 is 0 Å². The Morgan fingerprint density at radius 2 is 1.90 bits per heavy atom. The van der Waals surface area contributed by atoms with Crippen molar-refractivity contribution < 1.29 is 4.79 Å². The normalized spacial score (nSPS) is 13.6. The lowest BCUT2D eigenvalue weighted by molar-refractivity contribution is 0.0913. The minimum atomic E-state index is -0.582. The zero-order valence-corrected chi connectivity index (χ0v) is 14.0. The van der Waals surface area contributed by atoms with Gasteiger partial charge in [0.2, 0.25) is 0 Å². The van der Waals surface area contributed by atoms with E-state index in [-0.39, 0.29) is 5.91 Å². The van der Waals surface area contributed by atoms with Crippen molar-refractivity contribution in [1.29, 1.82) is 0 Å². The summed E-state index contributed by atoms with van der Waals surface area (Å²) in [4.78, 5) is 12.4. The third-order valence-electron chi connectivity index (χ3n) is 3.15. The lowest BCUT2D eigenvalue weighted by atomic mass is 9.93. The highest BCUT2D eigenvalue weighted by molar-refractivity contribution is 14.1. The molecule has 0 fully saturated rings. The summed E-state index contributed by atoms with van der Waals surface area (Å²) < 4.78 is 1.03. The third kappa shape index (κ3) is 3.52. The number of benzene rings is 2. The smallest absolute Gasteiger partial charge is 0.252 e. The predicted molar refractivity (Wildman–Crippen MR) is 91.1 cm³/mol. The van der Waals surface area contributed by atoms with Gasteiger partial charge in [0.25, 0.3) is 5.91 Å². The van der Waals surface area contributed by atoms with Gasteiger partial charge < -0.3 is 5.32 Å². The molecule has 0 aromatic heterocycles. The minimum Gasteiger partial charge on any atom is -0.342 e. The van der Waals surface area contributed by atoms with Gasteiger partial charge in [-0.3, -0.25) is 4.79 Å². The first kappa shape index (κ1) is 15.3. The van der Waals surface area contributed by atoms with Crippen molar-refractivity contribution in [3.8, 4) is 0 Å². The standard InChI is InChI=1S/C16H15ClINO/c1-16(11-17,13-7-3-2-4-8-13)19-15(20)12-6-5-9-14(18)10-12/h2-10H,11H2,1H3,(H,19,20). The molecule has 2 aromatic carbocycles. The largest absolute Gasteiger partial charge is 0.342 e. The topological polar surface area (TPSA) is 29.1 Å². The molecule has 2 rings (SSSR count). The van der Waals surface area contributed by atoms with Gasteiger partial charge in [0.05, 0.1) is 5.54 Å². The molecule has 1 unspecified atom stereocenters. The number of carbonyl (C=O) groups excluding carboxylic acids is 1. The van der Waals surface area contributed by atoms with Crippen LogP contribution >= 0.6 is 34.2 Å². The Kier molecular flexibility index (Phi) is 5.05. The highest BCUT2D eigenvalue weighted by atomic mass is 127. The predicted octanol–water partition coefficient (Wildman–Crippen LogP) is 4.18. The van der Waals surface area contributed by atoms with Crippen molar-refractivity contribution in [3.05, 3.63) is 69.3 Å².